The van der Waals surface area contributed by atoms with Gasteiger partial charge in [-0.05, 0) is 77.9 Å². The number of anilines is 2. The van der Waals surface area contributed by atoms with E-state index < -0.39 is 0 Å². The number of fused-ring (bicyclic) bond motifs is 3. The molecule has 5 heterocycles. The number of carbonyl (C=O) groups excluding carboxylic acids is 1. The number of aryl methyl sites for hydroxylation is 1. The molecule has 2 saturated heterocycles. The van der Waals surface area contributed by atoms with Crippen LogP contribution >= 0.6 is 15.9 Å². The molecule has 7 nitrogen and oxygen atoms in total. The van der Waals surface area contributed by atoms with E-state index >= 15 is 0 Å². The van der Waals surface area contributed by atoms with Crippen LogP contribution in [-0.4, -0.2) is 44.9 Å². The van der Waals surface area contributed by atoms with E-state index in [2.05, 4.69) is 41.1 Å². The van der Waals surface area contributed by atoms with Gasteiger partial charge in [0, 0.05) is 41.2 Å². The van der Waals surface area contributed by atoms with E-state index in [4.69, 9.17) is 4.98 Å². The zero-order valence-corrected chi connectivity index (χ0v) is 18.8. The van der Waals surface area contributed by atoms with Crippen LogP contribution in [0.5, 0.6) is 0 Å². The molecule has 3 aromatic heterocycles. The molecule has 3 fully saturated rings. The smallest absolute Gasteiger partial charge is 0.169 e. The van der Waals surface area contributed by atoms with E-state index in [0.29, 0.717) is 35.1 Å². The van der Waals surface area contributed by atoms with Gasteiger partial charge in [-0.15, -0.1) is 0 Å². The number of hydrogen-bond donors (Lipinski definition) is 1. The number of halogens is 1. The minimum absolute atomic E-state index is 0.291. The average molecular weight is 479 g/mol. The fraction of sp³-hybridized carbons (Fsp3) is 0.348. The van der Waals surface area contributed by atoms with Crippen LogP contribution in [0.1, 0.15) is 35.3 Å². The molecule has 8 heteroatoms. The molecule has 3 aromatic rings. The van der Waals surface area contributed by atoms with E-state index in [1.54, 1.807) is 18.5 Å². The minimum Gasteiger partial charge on any atom is -0.365 e. The van der Waals surface area contributed by atoms with Gasteiger partial charge in [0.05, 0.1) is 6.04 Å². The van der Waals surface area contributed by atoms with Gasteiger partial charge in [-0.3, -0.25) is 4.79 Å². The van der Waals surface area contributed by atoms with Crippen LogP contribution in [0.2, 0.25) is 0 Å². The summed E-state index contributed by atoms with van der Waals surface area (Å²) in [7, 11) is 0. The molecule has 2 bridgehead atoms. The van der Waals surface area contributed by atoms with Crippen molar-refractivity contribution in [2.45, 2.75) is 38.3 Å². The lowest BCUT2D eigenvalue weighted by molar-refractivity contribution is 0.111. The van der Waals surface area contributed by atoms with Gasteiger partial charge in [-0.1, -0.05) is 0 Å². The molecule has 0 unspecified atom stereocenters. The number of nitrogens with one attached hydrogen (secondary N) is 1. The number of carbonyl (C=O) groups is 1. The van der Waals surface area contributed by atoms with Crippen molar-refractivity contribution in [3.05, 3.63) is 58.6 Å². The van der Waals surface area contributed by atoms with Gasteiger partial charge in [0.1, 0.15) is 17.3 Å². The Morgan fingerprint density at radius 2 is 2.03 bits per heavy atom. The topological polar surface area (TPSA) is 83.9 Å². The first-order chi connectivity index (χ1) is 15.1. The largest absolute Gasteiger partial charge is 0.365 e. The third kappa shape index (κ3) is 3.92. The van der Waals surface area contributed by atoms with Crippen molar-refractivity contribution in [2.24, 2.45) is 5.92 Å². The van der Waals surface area contributed by atoms with Crippen LogP contribution < -0.4 is 10.2 Å². The molecule has 1 N–H and O–H groups in total. The summed E-state index contributed by atoms with van der Waals surface area (Å²) >= 11 is 3.44. The number of aromatic nitrogens is 4. The summed E-state index contributed by atoms with van der Waals surface area (Å²) < 4.78 is 0.966. The van der Waals surface area contributed by atoms with Crippen LogP contribution in [0.25, 0.3) is 11.4 Å². The molecule has 1 saturated carbocycles. The van der Waals surface area contributed by atoms with Crippen molar-refractivity contribution in [1.82, 2.24) is 19.9 Å². The maximum atomic E-state index is 11.9. The molecule has 158 valence electrons. The van der Waals surface area contributed by atoms with Crippen molar-refractivity contribution < 1.29 is 4.79 Å². The first-order valence-corrected chi connectivity index (χ1v) is 11.3. The quantitative estimate of drug-likeness (QED) is 0.547. The summed E-state index contributed by atoms with van der Waals surface area (Å²) in [6, 6.07) is 8.35. The molecule has 3 atom stereocenters. The molecule has 1 aliphatic carbocycles. The van der Waals surface area contributed by atoms with E-state index in [0.717, 1.165) is 47.3 Å². The third-order valence-corrected chi connectivity index (χ3v) is 6.71. The molecule has 0 amide bonds. The number of hydrogen-bond acceptors (Lipinski definition) is 7. The highest BCUT2D eigenvalue weighted by atomic mass is 79.9. The lowest BCUT2D eigenvalue weighted by Gasteiger charge is -2.51. The first-order valence-electron chi connectivity index (χ1n) is 10.5. The van der Waals surface area contributed by atoms with Gasteiger partial charge in [0.2, 0.25) is 0 Å². The van der Waals surface area contributed by atoms with Crippen molar-refractivity contribution in [3.8, 4) is 11.4 Å². The molecule has 6 rings (SSSR count). The fourth-order valence-electron chi connectivity index (χ4n) is 4.86. The van der Waals surface area contributed by atoms with Crippen molar-refractivity contribution >= 4 is 33.9 Å². The first kappa shape index (κ1) is 20.1. The van der Waals surface area contributed by atoms with Gasteiger partial charge in [-0.25, -0.2) is 19.9 Å². The van der Waals surface area contributed by atoms with E-state index in [1.807, 2.05) is 31.3 Å². The lowest BCUT2D eigenvalue weighted by Crippen LogP contribution is -2.58. The minimum atomic E-state index is 0.291. The Kier molecular flexibility index (Phi) is 5.40. The standard InChI is InChI=1S/C23H23BrN6O/c1-14-9-17(22-25-7-2-8-26-22)19(13-31)29-23(14)30-12-15-3-5-20(30)18(10-15)28-21-6-4-16(24)11-27-21/h2,4,6-9,11,13,15,18,20H,3,5,10,12H2,1H3,(H,27,28)/t15-,18-,20+/m1/s1. The second kappa shape index (κ2) is 8.34. The van der Waals surface area contributed by atoms with E-state index in [-0.39, 0.29) is 0 Å². The highest BCUT2D eigenvalue weighted by Crippen LogP contribution is 2.40. The second-order valence-corrected chi connectivity index (χ2v) is 9.18. The number of piperidine rings is 2. The summed E-state index contributed by atoms with van der Waals surface area (Å²) in [5.74, 6) is 2.88. The van der Waals surface area contributed by atoms with Crippen molar-refractivity contribution in [1.29, 1.82) is 0 Å². The zero-order chi connectivity index (χ0) is 21.4. The van der Waals surface area contributed by atoms with Crippen LogP contribution in [0, 0.1) is 12.8 Å². The molecule has 0 spiro atoms. The van der Waals surface area contributed by atoms with Crippen LogP contribution in [0.4, 0.5) is 11.6 Å². The summed E-state index contributed by atoms with van der Waals surface area (Å²) in [4.78, 5) is 32.1. The molecular formula is C23H23BrN6O. The number of pyridine rings is 2. The lowest BCUT2D eigenvalue weighted by atomic mass is 9.76. The predicted octanol–water partition coefficient (Wildman–Crippen LogP) is 4.29. The third-order valence-electron chi connectivity index (χ3n) is 6.24. The van der Waals surface area contributed by atoms with Crippen molar-refractivity contribution in [2.75, 3.05) is 16.8 Å². The number of nitrogens with zero attached hydrogens (tertiary/aromatic N) is 5. The van der Waals surface area contributed by atoms with Crippen LogP contribution in [0.15, 0.2) is 47.3 Å². The maximum Gasteiger partial charge on any atom is 0.169 e. The highest BCUT2D eigenvalue weighted by Gasteiger charge is 2.42. The monoisotopic (exact) mass is 478 g/mol. The van der Waals surface area contributed by atoms with E-state index in [1.165, 1.54) is 6.42 Å². The van der Waals surface area contributed by atoms with Crippen LogP contribution in [0.3, 0.4) is 0 Å². The predicted molar refractivity (Wildman–Crippen MR) is 123 cm³/mol. The fourth-order valence-corrected chi connectivity index (χ4v) is 5.09. The van der Waals surface area contributed by atoms with Crippen LogP contribution in [-0.2, 0) is 0 Å². The summed E-state index contributed by atoms with van der Waals surface area (Å²) in [6.07, 6.45) is 9.41. The SMILES string of the molecule is Cc1cc(-c2ncccn2)c(C=O)nc1N1C[C@@H]2CC[C@H]1[C@H](Nc1ccc(Br)cn1)C2. The van der Waals surface area contributed by atoms with Gasteiger partial charge in [-0.2, -0.15) is 0 Å². The molecule has 0 aromatic carbocycles. The molecular weight excluding hydrogens is 456 g/mol. The molecule has 3 aliphatic rings. The Morgan fingerprint density at radius 3 is 2.74 bits per heavy atom. The van der Waals surface area contributed by atoms with Gasteiger partial charge in [0.15, 0.2) is 12.1 Å². The van der Waals surface area contributed by atoms with Gasteiger partial charge >= 0.3 is 0 Å². The molecule has 2 aliphatic heterocycles. The maximum absolute atomic E-state index is 11.9. The van der Waals surface area contributed by atoms with Gasteiger partial charge < -0.3 is 10.2 Å². The van der Waals surface area contributed by atoms with E-state index in [9.17, 15) is 4.79 Å². The second-order valence-electron chi connectivity index (χ2n) is 8.26. The van der Waals surface area contributed by atoms with Gasteiger partial charge in [0.25, 0.3) is 0 Å². The number of rotatable bonds is 5. The van der Waals surface area contributed by atoms with Crippen molar-refractivity contribution in [3.63, 3.8) is 0 Å². The molecule has 31 heavy (non-hydrogen) atoms. The Morgan fingerprint density at radius 1 is 1.19 bits per heavy atom. The Hall–Kier alpha value is -2.87. The zero-order valence-electron chi connectivity index (χ0n) is 17.2. The Labute approximate surface area is 189 Å². The summed E-state index contributed by atoms with van der Waals surface area (Å²) in [6.45, 7) is 3.01. The Bertz CT molecular complexity index is 1090. The summed E-state index contributed by atoms with van der Waals surface area (Å²) in [5.41, 5.74) is 2.08. The normalized spacial score (nSPS) is 22.4. The number of aldehydes is 1. The average Bonchev–Trinajstić information content (AvgIpc) is 2.81. The molecule has 0 radical (unpaired) electrons. The Balaban J connectivity index is 1.46. The summed E-state index contributed by atoms with van der Waals surface area (Å²) in [5, 5.41) is 3.63. The highest BCUT2D eigenvalue weighted by molar-refractivity contribution is 9.10.